The number of carbonyl (C=O) groups is 1. The molecule has 76 valence electrons. The van der Waals surface area contributed by atoms with E-state index in [2.05, 4.69) is 22.9 Å². The lowest BCUT2D eigenvalue weighted by molar-refractivity contribution is -0.144. The summed E-state index contributed by atoms with van der Waals surface area (Å²) < 4.78 is 5.08. The van der Waals surface area contributed by atoms with Gasteiger partial charge in [-0.3, -0.25) is 4.79 Å². The van der Waals surface area contributed by atoms with Crippen molar-refractivity contribution < 1.29 is 9.53 Å². The average molecular weight is 249 g/mol. The van der Waals surface area contributed by atoms with Gasteiger partial charge in [-0.25, -0.2) is 0 Å². The van der Waals surface area contributed by atoms with Gasteiger partial charge in [-0.15, -0.1) is 0 Å². The number of hydrogen-bond acceptors (Lipinski definition) is 2. The van der Waals surface area contributed by atoms with Crippen molar-refractivity contribution in [1.29, 1.82) is 0 Å². The Morgan fingerprint density at radius 1 is 1.54 bits per heavy atom. The van der Waals surface area contributed by atoms with Crippen LogP contribution in [0.25, 0.3) is 0 Å². The maximum Gasteiger partial charge on any atom is 0.303 e. The zero-order valence-electron chi connectivity index (χ0n) is 8.25. The molecule has 13 heavy (non-hydrogen) atoms. The van der Waals surface area contributed by atoms with E-state index in [-0.39, 0.29) is 12.1 Å². The topological polar surface area (TPSA) is 26.3 Å². The molecule has 0 rings (SSSR count). The molecule has 0 aliphatic rings. The van der Waals surface area contributed by atoms with Crippen LogP contribution in [0.15, 0.2) is 11.1 Å². The molecule has 0 aromatic rings. The van der Waals surface area contributed by atoms with Crippen molar-refractivity contribution in [3.05, 3.63) is 11.1 Å². The molecular weight excluding hydrogens is 232 g/mol. The predicted molar refractivity (Wildman–Crippen MR) is 57.8 cm³/mol. The van der Waals surface area contributed by atoms with Gasteiger partial charge in [0.25, 0.3) is 0 Å². The van der Waals surface area contributed by atoms with E-state index in [9.17, 15) is 4.79 Å². The lowest BCUT2D eigenvalue weighted by atomic mass is 10.1. The highest BCUT2D eigenvalue weighted by atomic mass is 79.9. The molecule has 0 bridgehead atoms. The molecule has 1 unspecified atom stereocenters. The Morgan fingerprint density at radius 3 is 2.69 bits per heavy atom. The SMILES string of the molecule is CCCCCC(/C=C/Br)OC(C)=O. The minimum Gasteiger partial charge on any atom is -0.458 e. The summed E-state index contributed by atoms with van der Waals surface area (Å²) in [4.78, 5) is 12.4. The number of hydrogen-bond donors (Lipinski definition) is 0. The fraction of sp³-hybridized carbons (Fsp3) is 0.700. The fourth-order valence-corrected chi connectivity index (χ4v) is 1.42. The van der Waals surface area contributed by atoms with Gasteiger partial charge in [0.1, 0.15) is 6.10 Å². The van der Waals surface area contributed by atoms with Crippen LogP contribution < -0.4 is 0 Å². The minimum atomic E-state index is -0.216. The van der Waals surface area contributed by atoms with Gasteiger partial charge >= 0.3 is 5.97 Å². The third-order valence-corrected chi connectivity index (χ3v) is 2.00. The van der Waals surface area contributed by atoms with Gasteiger partial charge in [-0.05, 0) is 23.9 Å². The molecule has 3 heteroatoms. The standard InChI is InChI=1S/C10H17BrO2/c1-3-4-5-6-10(7-8-11)13-9(2)12/h7-8,10H,3-6H2,1-2H3/b8-7+. The second kappa shape index (κ2) is 8.30. The molecule has 0 fully saturated rings. The Balaban J connectivity index is 3.73. The number of carbonyl (C=O) groups excluding carboxylic acids is 1. The molecule has 0 saturated heterocycles. The normalized spacial score (nSPS) is 13.2. The second-order valence-electron chi connectivity index (χ2n) is 2.96. The third kappa shape index (κ3) is 8.03. The first kappa shape index (κ1) is 12.7. The van der Waals surface area contributed by atoms with Crippen molar-refractivity contribution in [3.63, 3.8) is 0 Å². The molecule has 0 N–H and O–H groups in total. The van der Waals surface area contributed by atoms with Gasteiger partial charge in [-0.2, -0.15) is 0 Å². The van der Waals surface area contributed by atoms with Crippen LogP contribution in [0.5, 0.6) is 0 Å². The molecule has 0 amide bonds. The van der Waals surface area contributed by atoms with Crippen molar-refractivity contribution in [1.82, 2.24) is 0 Å². The average Bonchev–Trinajstić information content (AvgIpc) is 2.04. The van der Waals surface area contributed by atoms with Gasteiger partial charge in [-0.1, -0.05) is 35.7 Å². The zero-order valence-corrected chi connectivity index (χ0v) is 9.84. The van der Waals surface area contributed by atoms with E-state index >= 15 is 0 Å². The van der Waals surface area contributed by atoms with Crippen LogP contribution in [0.3, 0.4) is 0 Å². The summed E-state index contributed by atoms with van der Waals surface area (Å²) in [6, 6.07) is 0. The summed E-state index contributed by atoms with van der Waals surface area (Å²) >= 11 is 3.18. The van der Waals surface area contributed by atoms with E-state index in [1.807, 2.05) is 6.08 Å². The van der Waals surface area contributed by atoms with E-state index in [0.717, 1.165) is 12.8 Å². The summed E-state index contributed by atoms with van der Waals surface area (Å²) in [5.41, 5.74) is 0. The van der Waals surface area contributed by atoms with Crippen LogP contribution >= 0.6 is 15.9 Å². The molecule has 0 aromatic carbocycles. The molecule has 2 nitrogen and oxygen atoms in total. The largest absolute Gasteiger partial charge is 0.458 e. The maximum atomic E-state index is 10.7. The highest BCUT2D eigenvalue weighted by molar-refractivity contribution is 9.11. The van der Waals surface area contributed by atoms with Crippen LogP contribution in [0.4, 0.5) is 0 Å². The van der Waals surface area contributed by atoms with E-state index in [0.29, 0.717) is 0 Å². The first-order chi connectivity index (χ1) is 6.20. The Hall–Kier alpha value is -0.310. The molecular formula is C10H17BrO2. The van der Waals surface area contributed by atoms with Gasteiger partial charge in [0, 0.05) is 6.92 Å². The summed E-state index contributed by atoms with van der Waals surface area (Å²) in [6.07, 6.45) is 6.18. The smallest absolute Gasteiger partial charge is 0.303 e. The zero-order chi connectivity index (χ0) is 10.1. The number of unbranched alkanes of at least 4 members (excludes halogenated alkanes) is 2. The second-order valence-corrected chi connectivity index (χ2v) is 3.49. The maximum absolute atomic E-state index is 10.7. The molecule has 0 saturated carbocycles. The van der Waals surface area contributed by atoms with Gasteiger partial charge in [0.05, 0.1) is 0 Å². The van der Waals surface area contributed by atoms with Crippen LogP contribution in [-0.2, 0) is 9.53 Å². The predicted octanol–water partition coefficient (Wildman–Crippen LogP) is 3.41. The first-order valence-corrected chi connectivity index (χ1v) is 5.56. The van der Waals surface area contributed by atoms with Gasteiger partial charge in [0.15, 0.2) is 0 Å². The van der Waals surface area contributed by atoms with Crippen LogP contribution in [0.2, 0.25) is 0 Å². The molecule has 0 aliphatic carbocycles. The van der Waals surface area contributed by atoms with Crippen molar-refractivity contribution in [2.24, 2.45) is 0 Å². The van der Waals surface area contributed by atoms with Crippen LogP contribution in [0, 0.1) is 0 Å². The highest BCUT2D eigenvalue weighted by Crippen LogP contribution is 2.09. The Kier molecular flexibility index (Phi) is 8.10. The first-order valence-electron chi connectivity index (χ1n) is 4.64. The number of esters is 1. The molecule has 0 aliphatic heterocycles. The summed E-state index contributed by atoms with van der Waals surface area (Å²) in [5.74, 6) is -0.216. The fourth-order valence-electron chi connectivity index (χ4n) is 1.08. The van der Waals surface area contributed by atoms with Crippen LogP contribution in [-0.4, -0.2) is 12.1 Å². The minimum absolute atomic E-state index is 0.0663. The molecule has 0 spiro atoms. The van der Waals surface area contributed by atoms with E-state index < -0.39 is 0 Å². The molecule has 0 radical (unpaired) electrons. The Labute approximate surface area is 88.5 Å². The van der Waals surface area contributed by atoms with Gasteiger partial charge < -0.3 is 4.74 Å². The van der Waals surface area contributed by atoms with Crippen LogP contribution in [0.1, 0.15) is 39.5 Å². The van der Waals surface area contributed by atoms with Crippen molar-refractivity contribution in [2.75, 3.05) is 0 Å². The summed E-state index contributed by atoms with van der Waals surface area (Å²) in [6.45, 7) is 3.59. The highest BCUT2D eigenvalue weighted by Gasteiger charge is 2.06. The molecule has 0 aromatic heterocycles. The van der Waals surface area contributed by atoms with Crippen molar-refractivity contribution in [3.8, 4) is 0 Å². The Bertz CT molecular complexity index is 166. The van der Waals surface area contributed by atoms with E-state index in [4.69, 9.17) is 4.74 Å². The van der Waals surface area contributed by atoms with E-state index in [1.54, 1.807) is 4.99 Å². The monoisotopic (exact) mass is 248 g/mol. The number of rotatable bonds is 6. The quantitative estimate of drug-likeness (QED) is 0.532. The molecule has 0 heterocycles. The molecule has 1 atom stereocenters. The lowest BCUT2D eigenvalue weighted by Crippen LogP contribution is -2.13. The number of halogens is 1. The van der Waals surface area contributed by atoms with E-state index in [1.165, 1.54) is 19.8 Å². The van der Waals surface area contributed by atoms with Gasteiger partial charge in [0.2, 0.25) is 0 Å². The third-order valence-electron chi connectivity index (χ3n) is 1.70. The Morgan fingerprint density at radius 2 is 2.23 bits per heavy atom. The van der Waals surface area contributed by atoms with Crippen molar-refractivity contribution in [2.45, 2.75) is 45.6 Å². The lowest BCUT2D eigenvalue weighted by Gasteiger charge is -2.11. The summed E-state index contributed by atoms with van der Waals surface area (Å²) in [7, 11) is 0. The van der Waals surface area contributed by atoms with Crippen molar-refractivity contribution >= 4 is 21.9 Å². The summed E-state index contributed by atoms with van der Waals surface area (Å²) in [5, 5.41) is 0. The number of ether oxygens (including phenoxy) is 1.